The van der Waals surface area contributed by atoms with Crippen molar-refractivity contribution >= 4 is 0 Å². The van der Waals surface area contributed by atoms with Crippen molar-refractivity contribution < 1.29 is 5.11 Å². The van der Waals surface area contributed by atoms with Crippen molar-refractivity contribution in [2.24, 2.45) is 11.8 Å². The van der Waals surface area contributed by atoms with Gasteiger partial charge in [0, 0.05) is 0 Å². The summed E-state index contributed by atoms with van der Waals surface area (Å²) in [6, 6.07) is 0. The molecule has 3 atom stereocenters. The van der Waals surface area contributed by atoms with Crippen molar-refractivity contribution in [2.75, 3.05) is 0 Å². The van der Waals surface area contributed by atoms with Gasteiger partial charge >= 0.3 is 0 Å². The number of aliphatic hydroxyl groups is 1. The highest BCUT2D eigenvalue weighted by Crippen LogP contribution is 2.25. The van der Waals surface area contributed by atoms with Crippen LogP contribution in [0.5, 0.6) is 0 Å². The fourth-order valence-corrected chi connectivity index (χ4v) is 1.91. The summed E-state index contributed by atoms with van der Waals surface area (Å²) in [5.74, 6) is 1.26. The lowest BCUT2D eigenvalue weighted by Crippen LogP contribution is -2.22. The highest BCUT2D eigenvalue weighted by molar-refractivity contribution is 4.71. The SMILES string of the molecule is CC1CCCCC(C)C(O)C1. The van der Waals surface area contributed by atoms with Crippen molar-refractivity contribution in [1.82, 2.24) is 0 Å². The van der Waals surface area contributed by atoms with E-state index in [1.54, 1.807) is 0 Å². The second kappa shape index (κ2) is 4.10. The first-order valence-electron chi connectivity index (χ1n) is 4.88. The van der Waals surface area contributed by atoms with E-state index >= 15 is 0 Å². The van der Waals surface area contributed by atoms with E-state index in [4.69, 9.17) is 0 Å². The number of hydrogen-bond acceptors (Lipinski definition) is 1. The summed E-state index contributed by atoms with van der Waals surface area (Å²) in [5.41, 5.74) is 0. The molecule has 0 radical (unpaired) electrons. The fourth-order valence-electron chi connectivity index (χ4n) is 1.91. The molecule has 1 rings (SSSR count). The third-order valence-electron chi connectivity index (χ3n) is 2.91. The zero-order valence-corrected chi connectivity index (χ0v) is 7.71. The molecule has 0 aliphatic heterocycles. The quantitative estimate of drug-likeness (QED) is 0.571. The summed E-state index contributed by atoms with van der Waals surface area (Å²) < 4.78 is 0. The first-order valence-corrected chi connectivity index (χ1v) is 4.88. The van der Waals surface area contributed by atoms with E-state index in [2.05, 4.69) is 13.8 Å². The molecule has 0 aromatic carbocycles. The van der Waals surface area contributed by atoms with E-state index < -0.39 is 0 Å². The van der Waals surface area contributed by atoms with Crippen LogP contribution in [0.3, 0.4) is 0 Å². The number of aliphatic hydroxyl groups excluding tert-OH is 1. The fraction of sp³-hybridized carbons (Fsp3) is 1.00. The van der Waals surface area contributed by atoms with Gasteiger partial charge in [-0.3, -0.25) is 0 Å². The average Bonchev–Trinajstić information content (AvgIpc) is 1.95. The van der Waals surface area contributed by atoms with Crippen LogP contribution >= 0.6 is 0 Å². The van der Waals surface area contributed by atoms with Gasteiger partial charge in [0.25, 0.3) is 0 Å². The summed E-state index contributed by atoms with van der Waals surface area (Å²) in [6.45, 7) is 4.42. The molecule has 1 aliphatic rings. The standard InChI is InChI=1S/C10H20O/c1-8-5-3-4-6-9(2)10(11)7-8/h8-11H,3-7H2,1-2H3. The molecule has 0 aromatic heterocycles. The van der Waals surface area contributed by atoms with Gasteiger partial charge in [0.2, 0.25) is 0 Å². The molecular weight excluding hydrogens is 136 g/mol. The molecule has 1 N–H and O–H groups in total. The molecule has 0 bridgehead atoms. The van der Waals surface area contributed by atoms with Gasteiger partial charge in [0.05, 0.1) is 6.10 Å². The van der Waals surface area contributed by atoms with Crippen LogP contribution in [-0.4, -0.2) is 11.2 Å². The molecule has 1 fully saturated rings. The summed E-state index contributed by atoms with van der Waals surface area (Å²) in [6.07, 6.45) is 6.17. The van der Waals surface area contributed by atoms with Crippen LogP contribution in [0, 0.1) is 11.8 Å². The van der Waals surface area contributed by atoms with E-state index in [1.165, 1.54) is 25.7 Å². The first kappa shape index (κ1) is 9.05. The van der Waals surface area contributed by atoms with E-state index in [0.29, 0.717) is 5.92 Å². The summed E-state index contributed by atoms with van der Waals surface area (Å²) in [5, 5.41) is 9.65. The Balaban J connectivity index is 2.38. The third kappa shape index (κ3) is 2.82. The third-order valence-corrected chi connectivity index (χ3v) is 2.91. The monoisotopic (exact) mass is 156 g/mol. The van der Waals surface area contributed by atoms with Gasteiger partial charge in [0.1, 0.15) is 0 Å². The Kier molecular flexibility index (Phi) is 3.38. The van der Waals surface area contributed by atoms with Crippen molar-refractivity contribution in [2.45, 2.75) is 52.1 Å². The Morgan fingerprint density at radius 2 is 1.73 bits per heavy atom. The van der Waals surface area contributed by atoms with Gasteiger partial charge in [0.15, 0.2) is 0 Å². The molecule has 1 heteroatoms. The lowest BCUT2D eigenvalue weighted by molar-refractivity contribution is 0.0770. The molecule has 1 nitrogen and oxygen atoms in total. The van der Waals surface area contributed by atoms with Gasteiger partial charge in [-0.15, -0.1) is 0 Å². The maximum absolute atomic E-state index is 9.65. The van der Waals surface area contributed by atoms with Crippen molar-refractivity contribution in [3.05, 3.63) is 0 Å². The topological polar surface area (TPSA) is 20.2 Å². The van der Waals surface area contributed by atoms with Gasteiger partial charge < -0.3 is 5.11 Å². The van der Waals surface area contributed by atoms with Crippen molar-refractivity contribution in [1.29, 1.82) is 0 Å². The van der Waals surface area contributed by atoms with Crippen molar-refractivity contribution in [3.8, 4) is 0 Å². The Bertz CT molecular complexity index is 111. The zero-order chi connectivity index (χ0) is 8.27. The number of rotatable bonds is 0. The van der Waals surface area contributed by atoms with Gasteiger partial charge in [-0.25, -0.2) is 0 Å². The largest absolute Gasteiger partial charge is 0.393 e. The second-order valence-electron chi connectivity index (χ2n) is 4.17. The Labute approximate surface area is 69.8 Å². The lowest BCUT2D eigenvalue weighted by atomic mass is 9.85. The first-order chi connectivity index (χ1) is 5.20. The maximum Gasteiger partial charge on any atom is 0.0568 e. The average molecular weight is 156 g/mol. The predicted molar refractivity (Wildman–Crippen MR) is 47.4 cm³/mol. The minimum Gasteiger partial charge on any atom is -0.393 e. The molecule has 1 saturated carbocycles. The van der Waals surface area contributed by atoms with Crippen LogP contribution in [0.2, 0.25) is 0 Å². The Morgan fingerprint density at radius 1 is 1.09 bits per heavy atom. The maximum atomic E-state index is 9.65. The van der Waals surface area contributed by atoms with Crippen LogP contribution in [0.1, 0.15) is 46.0 Å². The minimum atomic E-state index is -0.0368. The summed E-state index contributed by atoms with van der Waals surface area (Å²) >= 11 is 0. The molecule has 1 aliphatic carbocycles. The van der Waals surface area contributed by atoms with E-state index in [-0.39, 0.29) is 6.10 Å². The van der Waals surface area contributed by atoms with E-state index in [1.807, 2.05) is 0 Å². The normalized spacial score (nSPS) is 41.2. The van der Waals surface area contributed by atoms with Crippen LogP contribution in [0.4, 0.5) is 0 Å². The number of hydrogen-bond donors (Lipinski definition) is 1. The molecule has 0 heterocycles. The minimum absolute atomic E-state index is 0.0368. The molecule has 3 unspecified atom stereocenters. The summed E-state index contributed by atoms with van der Waals surface area (Å²) in [4.78, 5) is 0. The van der Waals surface area contributed by atoms with Crippen LogP contribution in [0.15, 0.2) is 0 Å². The molecular formula is C10H20O. The zero-order valence-electron chi connectivity index (χ0n) is 7.71. The lowest BCUT2D eigenvalue weighted by Gasteiger charge is -2.25. The van der Waals surface area contributed by atoms with E-state index in [9.17, 15) is 5.11 Å². The van der Waals surface area contributed by atoms with Crippen LogP contribution < -0.4 is 0 Å². The van der Waals surface area contributed by atoms with Crippen LogP contribution in [-0.2, 0) is 0 Å². The molecule has 0 saturated heterocycles. The molecule has 0 aromatic rings. The molecule has 11 heavy (non-hydrogen) atoms. The molecule has 66 valence electrons. The smallest absolute Gasteiger partial charge is 0.0568 e. The highest BCUT2D eigenvalue weighted by atomic mass is 16.3. The van der Waals surface area contributed by atoms with Crippen LogP contribution in [0.25, 0.3) is 0 Å². The van der Waals surface area contributed by atoms with Gasteiger partial charge in [-0.1, -0.05) is 33.1 Å². The van der Waals surface area contributed by atoms with Gasteiger partial charge in [-0.2, -0.15) is 0 Å². The predicted octanol–water partition coefficient (Wildman–Crippen LogP) is 2.58. The molecule has 0 amide bonds. The Morgan fingerprint density at radius 3 is 2.45 bits per heavy atom. The summed E-state index contributed by atoms with van der Waals surface area (Å²) in [7, 11) is 0. The van der Waals surface area contributed by atoms with Gasteiger partial charge in [-0.05, 0) is 24.7 Å². The van der Waals surface area contributed by atoms with Crippen molar-refractivity contribution in [3.63, 3.8) is 0 Å². The molecule has 0 spiro atoms. The Hall–Kier alpha value is -0.0400. The second-order valence-corrected chi connectivity index (χ2v) is 4.17. The highest BCUT2D eigenvalue weighted by Gasteiger charge is 2.19. The van der Waals surface area contributed by atoms with E-state index in [0.717, 1.165) is 12.3 Å².